The first kappa shape index (κ1) is 10.4. The number of rotatable bonds is 2. The number of halogens is 1. The van der Waals surface area contributed by atoms with E-state index in [1.165, 1.54) is 23.1 Å². The lowest BCUT2D eigenvalue weighted by Gasteiger charge is -2.09. The molecular weight excluding hydrogens is 289 g/mol. The Morgan fingerprint density at radius 1 is 1.64 bits per heavy atom. The van der Waals surface area contributed by atoms with Gasteiger partial charge in [0.05, 0.1) is 9.26 Å². The maximum Gasteiger partial charge on any atom is 0.0727 e. The summed E-state index contributed by atoms with van der Waals surface area (Å²) in [6.45, 7) is 5.60. The molecule has 2 heterocycles. The molecule has 1 atom stereocenters. The molecular formula is C10H16IN3. The van der Waals surface area contributed by atoms with Crippen LogP contribution in [0.2, 0.25) is 0 Å². The van der Waals surface area contributed by atoms with Crippen molar-refractivity contribution in [2.24, 2.45) is 5.92 Å². The third kappa shape index (κ3) is 2.28. The van der Waals surface area contributed by atoms with E-state index in [0.29, 0.717) is 0 Å². The van der Waals surface area contributed by atoms with E-state index >= 15 is 0 Å². The smallest absolute Gasteiger partial charge is 0.0727 e. The molecule has 0 saturated carbocycles. The van der Waals surface area contributed by atoms with Crippen molar-refractivity contribution >= 4 is 22.6 Å². The quantitative estimate of drug-likeness (QED) is 0.776. The number of hydrogen-bond donors (Lipinski definition) is 0. The van der Waals surface area contributed by atoms with Gasteiger partial charge in [-0.1, -0.05) is 0 Å². The molecule has 1 fully saturated rings. The van der Waals surface area contributed by atoms with Crippen LogP contribution in [0.4, 0.5) is 0 Å². The second kappa shape index (κ2) is 4.18. The molecule has 0 bridgehead atoms. The monoisotopic (exact) mass is 305 g/mol. The van der Waals surface area contributed by atoms with Crippen molar-refractivity contribution in [1.82, 2.24) is 14.7 Å². The zero-order chi connectivity index (χ0) is 10.1. The van der Waals surface area contributed by atoms with Gasteiger partial charge in [0.25, 0.3) is 0 Å². The first-order valence-electron chi connectivity index (χ1n) is 5.03. The summed E-state index contributed by atoms with van der Waals surface area (Å²) in [6, 6.07) is 0. The van der Waals surface area contributed by atoms with Crippen molar-refractivity contribution in [3.63, 3.8) is 0 Å². The number of aryl methyl sites for hydroxylation is 1. The lowest BCUT2D eigenvalue weighted by molar-refractivity contribution is 0.369. The van der Waals surface area contributed by atoms with Gasteiger partial charge in [-0.05, 0) is 55.4 Å². The normalized spacial score (nSPS) is 23.2. The first-order chi connectivity index (χ1) is 6.65. The molecule has 0 radical (unpaired) electrons. The molecule has 0 aliphatic carbocycles. The Balaban J connectivity index is 1.97. The third-order valence-electron chi connectivity index (χ3n) is 2.82. The van der Waals surface area contributed by atoms with Gasteiger partial charge in [0, 0.05) is 19.3 Å². The zero-order valence-corrected chi connectivity index (χ0v) is 10.9. The Hall–Kier alpha value is -0.100. The molecule has 1 aliphatic rings. The van der Waals surface area contributed by atoms with Crippen LogP contribution in [0.25, 0.3) is 0 Å². The van der Waals surface area contributed by atoms with Crippen molar-refractivity contribution in [2.75, 3.05) is 20.1 Å². The highest BCUT2D eigenvalue weighted by molar-refractivity contribution is 14.1. The molecule has 0 N–H and O–H groups in total. The minimum atomic E-state index is 0.787. The molecule has 14 heavy (non-hydrogen) atoms. The second-order valence-electron chi connectivity index (χ2n) is 4.20. The topological polar surface area (TPSA) is 21.1 Å². The van der Waals surface area contributed by atoms with Gasteiger partial charge in [0.1, 0.15) is 0 Å². The molecule has 4 heteroatoms. The highest BCUT2D eigenvalue weighted by atomic mass is 127. The van der Waals surface area contributed by atoms with E-state index < -0.39 is 0 Å². The Labute approximate surface area is 98.6 Å². The van der Waals surface area contributed by atoms with Gasteiger partial charge in [0.15, 0.2) is 0 Å². The van der Waals surface area contributed by atoms with E-state index in [9.17, 15) is 0 Å². The van der Waals surface area contributed by atoms with Crippen molar-refractivity contribution in [3.8, 4) is 0 Å². The van der Waals surface area contributed by atoms with E-state index in [1.54, 1.807) is 0 Å². The average Bonchev–Trinajstić information content (AvgIpc) is 2.62. The summed E-state index contributed by atoms with van der Waals surface area (Å²) in [5.41, 5.74) is 1.15. The van der Waals surface area contributed by atoms with Crippen LogP contribution in [-0.2, 0) is 6.54 Å². The Morgan fingerprint density at radius 3 is 2.93 bits per heavy atom. The van der Waals surface area contributed by atoms with E-state index in [1.807, 2.05) is 0 Å². The SMILES string of the molecule is Cc1nn(CC2CCN(C)C2)cc1I. The van der Waals surface area contributed by atoms with Gasteiger partial charge >= 0.3 is 0 Å². The fraction of sp³-hybridized carbons (Fsp3) is 0.700. The van der Waals surface area contributed by atoms with Gasteiger partial charge in [-0.25, -0.2) is 0 Å². The summed E-state index contributed by atoms with van der Waals surface area (Å²) < 4.78 is 3.37. The third-order valence-corrected chi connectivity index (χ3v) is 3.88. The summed E-state index contributed by atoms with van der Waals surface area (Å²) in [5.74, 6) is 0.787. The van der Waals surface area contributed by atoms with Crippen molar-refractivity contribution < 1.29 is 0 Å². The van der Waals surface area contributed by atoms with E-state index in [4.69, 9.17) is 0 Å². The summed E-state index contributed by atoms with van der Waals surface area (Å²) >= 11 is 2.34. The Kier molecular flexibility index (Phi) is 3.11. The molecule has 3 nitrogen and oxygen atoms in total. The highest BCUT2D eigenvalue weighted by Crippen LogP contribution is 2.17. The van der Waals surface area contributed by atoms with Gasteiger partial charge in [0.2, 0.25) is 0 Å². The van der Waals surface area contributed by atoms with Crippen LogP contribution in [0.15, 0.2) is 6.20 Å². The number of likely N-dealkylation sites (tertiary alicyclic amines) is 1. The Bertz CT molecular complexity index is 302. The number of nitrogens with zero attached hydrogens (tertiary/aromatic N) is 3. The number of aromatic nitrogens is 2. The van der Waals surface area contributed by atoms with Gasteiger partial charge in [-0.15, -0.1) is 0 Å². The molecule has 0 aromatic carbocycles. The van der Waals surface area contributed by atoms with E-state index in [0.717, 1.165) is 18.2 Å². The van der Waals surface area contributed by atoms with Gasteiger partial charge < -0.3 is 4.90 Å². The molecule has 0 spiro atoms. The molecule has 1 saturated heterocycles. The van der Waals surface area contributed by atoms with Gasteiger partial charge in [-0.3, -0.25) is 4.68 Å². The van der Waals surface area contributed by atoms with Crippen molar-refractivity contribution in [3.05, 3.63) is 15.5 Å². The molecule has 0 amide bonds. The van der Waals surface area contributed by atoms with Gasteiger partial charge in [-0.2, -0.15) is 5.10 Å². The molecule has 1 aromatic rings. The lowest BCUT2D eigenvalue weighted by Crippen LogP contribution is -2.17. The molecule has 1 aliphatic heterocycles. The minimum absolute atomic E-state index is 0.787. The fourth-order valence-corrected chi connectivity index (χ4v) is 2.46. The van der Waals surface area contributed by atoms with Crippen molar-refractivity contribution in [2.45, 2.75) is 19.9 Å². The zero-order valence-electron chi connectivity index (χ0n) is 8.70. The molecule has 78 valence electrons. The predicted molar refractivity (Wildman–Crippen MR) is 65.3 cm³/mol. The van der Waals surface area contributed by atoms with Crippen molar-refractivity contribution in [1.29, 1.82) is 0 Å². The van der Waals surface area contributed by atoms with Crippen LogP contribution >= 0.6 is 22.6 Å². The second-order valence-corrected chi connectivity index (χ2v) is 5.36. The van der Waals surface area contributed by atoms with Crippen LogP contribution in [0.5, 0.6) is 0 Å². The maximum atomic E-state index is 4.49. The van der Waals surface area contributed by atoms with Crippen LogP contribution in [0, 0.1) is 16.4 Å². The Morgan fingerprint density at radius 2 is 2.43 bits per heavy atom. The fourth-order valence-electron chi connectivity index (χ4n) is 2.03. The maximum absolute atomic E-state index is 4.49. The summed E-state index contributed by atoms with van der Waals surface area (Å²) in [7, 11) is 2.19. The summed E-state index contributed by atoms with van der Waals surface area (Å²) in [4.78, 5) is 2.39. The molecule has 1 unspecified atom stereocenters. The average molecular weight is 305 g/mol. The van der Waals surface area contributed by atoms with Crippen LogP contribution in [0.3, 0.4) is 0 Å². The highest BCUT2D eigenvalue weighted by Gasteiger charge is 2.20. The minimum Gasteiger partial charge on any atom is -0.306 e. The predicted octanol–water partition coefficient (Wildman–Crippen LogP) is 1.75. The summed E-state index contributed by atoms with van der Waals surface area (Å²) in [6.07, 6.45) is 3.46. The molecule has 1 aromatic heterocycles. The standard InChI is InChI=1S/C10H16IN3/c1-8-10(11)7-14(12-8)6-9-3-4-13(2)5-9/h7,9H,3-6H2,1-2H3. The van der Waals surface area contributed by atoms with Crippen LogP contribution < -0.4 is 0 Å². The first-order valence-corrected chi connectivity index (χ1v) is 6.11. The molecule has 2 rings (SSSR count). The summed E-state index contributed by atoms with van der Waals surface area (Å²) in [5, 5.41) is 4.49. The lowest BCUT2D eigenvalue weighted by atomic mass is 10.1. The van der Waals surface area contributed by atoms with E-state index in [2.05, 4.69) is 57.4 Å². The number of hydrogen-bond acceptors (Lipinski definition) is 2. The largest absolute Gasteiger partial charge is 0.306 e. The van der Waals surface area contributed by atoms with Crippen LogP contribution in [0.1, 0.15) is 12.1 Å². The van der Waals surface area contributed by atoms with E-state index in [-0.39, 0.29) is 0 Å². The van der Waals surface area contributed by atoms with Crippen LogP contribution in [-0.4, -0.2) is 34.8 Å².